The van der Waals surface area contributed by atoms with E-state index in [1.54, 1.807) is 12.1 Å². The zero-order valence-corrected chi connectivity index (χ0v) is 18.8. The minimum Gasteiger partial charge on any atom is -0.394 e. The monoisotopic (exact) mass is 466 g/mol. The van der Waals surface area contributed by atoms with E-state index >= 15 is 0 Å². The summed E-state index contributed by atoms with van der Waals surface area (Å²) in [5.41, 5.74) is 2.43. The highest BCUT2D eigenvalue weighted by Gasteiger charge is 2.44. The van der Waals surface area contributed by atoms with Gasteiger partial charge in [-0.1, -0.05) is 48.0 Å². The van der Waals surface area contributed by atoms with Gasteiger partial charge in [0.15, 0.2) is 0 Å². The van der Waals surface area contributed by atoms with Gasteiger partial charge in [0.25, 0.3) is 0 Å². The molecule has 5 atom stereocenters. The number of benzene rings is 2. The Labute approximate surface area is 186 Å². The Kier molecular flexibility index (Phi) is 6.90. The van der Waals surface area contributed by atoms with Crippen LogP contribution in [-0.4, -0.2) is 63.8 Å². The maximum atomic E-state index is 13.0. The molecule has 2 fully saturated rings. The Hall–Kier alpha value is -1.24. The first kappa shape index (κ1) is 22.9. The normalized spacial score (nSPS) is 30.4. The summed E-state index contributed by atoms with van der Waals surface area (Å²) in [6, 6.07) is 13.1. The Morgan fingerprint density at radius 1 is 0.968 bits per heavy atom. The van der Waals surface area contributed by atoms with Crippen molar-refractivity contribution in [1.29, 1.82) is 0 Å². The van der Waals surface area contributed by atoms with Gasteiger partial charge >= 0.3 is 0 Å². The molecular formula is C23H28ClO6P. The molecule has 2 aliphatic rings. The molecule has 0 unspecified atom stereocenters. The number of rotatable bonds is 5. The number of hydrogen-bond donors (Lipinski definition) is 4. The average molecular weight is 467 g/mol. The van der Waals surface area contributed by atoms with Crippen LogP contribution in [0.3, 0.4) is 0 Å². The number of hydrogen-bond acceptors (Lipinski definition) is 6. The van der Waals surface area contributed by atoms with E-state index in [-0.39, 0.29) is 0 Å². The highest BCUT2D eigenvalue weighted by molar-refractivity contribution is 7.71. The van der Waals surface area contributed by atoms with Crippen LogP contribution >= 0.6 is 18.7 Å². The van der Waals surface area contributed by atoms with Crippen LogP contribution in [0.1, 0.15) is 35.6 Å². The predicted molar refractivity (Wildman–Crippen MR) is 120 cm³/mol. The molecule has 168 valence electrons. The maximum Gasteiger partial charge on any atom is 0.115 e. The van der Waals surface area contributed by atoms with E-state index < -0.39 is 44.3 Å². The van der Waals surface area contributed by atoms with Crippen molar-refractivity contribution in [3.05, 3.63) is 64.2 Å². The molecule has 6 nitrogen and oxygen atoms in total. The highest BCUT2D eigenvalue weighted by Crippen LogP contribution is 2.50. The van der Waals surface area contributed by atoms with Crippen molar-refractivity contribution >= 4 is 24.0 Å². The molecule has 2 aromatic rings. The maximum absolute atomic E-state index is 13.0. The minimum atomic E-state index is -2.22. The van der Waals surface area contributed by atoms with Gasteiger partial charge in [-0.3, -0.25) is 0 Å². The summed E-state index contributed by atoms with van der Waals surface area (Å²) < 4.78 is 18.6. The zero-order chi connectivity index (χ0) is 22.2. The molecule has 0 bridgehead atoms. The van der Waals surface area contributed by atoms with Gasteiger partial charge in [-0.2, -0.15) is 0 Å². The molecule has 2 aliphatic heterocycles. The van der Waals surface area contributed by atoms with Crippen LogP contribution < -0.4 is 5.30 Å². The molecule has 2 saturated heterocycles. The molecule has 0 radical (unpaired) electrons. The topological polar surface area (TPSA) is 107 Å². The summed E-state index contributed by atoms with van der Waals surface area (Å²) in [5.74, 6) is 0. The highest BCUT2D eigenvalue weighted by atomic mass is 35.5. The second-order valence-electron chi connectivity index (χ2n) is 8.49. The van der Waals surface area contributed by atoms with Crippen LogP contribution in [-0.2, 0) is 15.7 Å². The second kappa shape index (κ2) is 9.32. The first-order chi connectivity index (χ1) is 14.8. The molecule has 0 amide bonds. The number of aliphatic hydroxyl groups is 4. The standard InChI is InChI=1S/C23H28ClO6P/c24-18-8-5-15(23-22(28)21(27)20(26)19(13-25)30-23)12-16(18)11-14-3-6-17(7-4-14)31(29)9-1-2-10-31/h3-8,12,19-23,25-28H,1-2,9-11,13H2/t19-,20-,21+,22-,23+/m1/s1. The molecule has 31 heavy (non-hydrogen) atoms. The van der Waals surface area contributed by atoms with Crippen molar-refractivity contribution in [2.45, 2.75) is 49.8 Å². The molecule has 0 aliphatic carbocycles. The van der Waals surface area contributed by atoms with Crippen molar-refractivity contribution in [3.8, 4) is 0 Å². The quantitative estimate of drug-likeness (QED) is 0.503. The lowest BCUT2D eigenvalue weighted by Gasteiger charge is -2.40. The molecule has 2 aromatic carbocycles. The molecule has 0 aromatic heterocycles. The Balaban J connectivity index is 1.55. The SMILES string of the molecule is O=P1(c2ccc(Cc3cc([C@@H]4O[C@H](CO)[C@@H](O)[C@H](O)[C@H]4O)ccc3Cl)cc2)CCCC1. The summed E-state index contributed by atoms with van der Waals surface area (Å²) in [7, 11) is -2.22. The molecule has 0 spiro atoms. The Morgan fingerprint density at radius 3 is 2.29 bits per heavy atom. The second-order valence-corrected chi connectivity index (χ2v) is 12.1. The van der Waals surface area contributed by atoms with E-state index in [0.29, 0.717) is 17.0 Å². The fraction of sp³-hybridized carbons (Fsp3) is 0.478. The smallest absolute Gasteiger partial charge is 0.115 e. The van der Waals surface area contributed by atoms with Crippen LogP contribution in [0.4, 0.5) is 0 Å². The predicted octanol–water partition coefficient (Wildman–Crippen LogP) is 2.23. The first-order valence-electron chi connectivity index (χ1n) is 10.6. The number of ether oxygens (including phenoxy) is 1. The summed E-state index contributed by atoms with van der Waals surface area (Å²) >= 11 is 6.41. The zero-order valence-electron chi connectivity index (χ0n) is 17.1. The van der Waals surface area contributed by atoms with Gasteiger partial charge in [0.2, 0.25) is 0 Å². The fourth-order valence-electron chi connectivity index (χ4n) is 4.49. The number of halogens is 1. The van der Waals surface area contributed by atoms with Crippen molar-refractivity contribution in [2.75, 3.05) is 18.9 Å². The third-order valence-corrected chi connectivity index (χ3v) is 10.1. The lowest BCUT2D eigenvalue weighted by atomic mass is 9.90. The fourth-order valence-corrected chi connectivity index (χ4v) is 7.58. The Bertz CT molecular complexity index is 953. The van der Waals surface area contributed by atoms with Gasteiger partial charge in [0, 0.05) is 22.7 Å². The van der Waals surface area contributed by atoms with E-state index in [9.17, 15) is 25.0 Å². The van der Waals surface area contributed by atoms with E-state index in [2.05, 4.69) is 0 Å². The van der Waals surface area contributed by atoms with E-state index in [1.807, 2.05) is 30.3 Å². The van der Waals surface area contributed by atoms with E-state index in [1.165, 1.54) is 0 Å². The lowest BCUT2D eigenvalue weighted by Crippen LogP contribution is -2.55. The van der Waals surface area contributed by atoms with Crippen molar-refractivity contribution in [2.24, 2.45) is 0 Å². The molecule has 8 heteroatoms. The van der Waals surface area contributed by atoms with E-state index in [0.717, 1.165) is 41.6 Å². The lowest BCUT2D eigenvalue weighted by molar-refractivity contribution is -0.231. The molecule has 0 saturated carbocycles. The summed E-state index contributed by atoms with van der Waals surface area (Å²) in [5, 5.41) is 41.4. The third kappa shape index (κ3) is 4.62. The van der Waals surface area contributed by atoms with Gasteiger partial charge < -0.3 is 29.7 Å². The van der Waals surface area contributed by atoms with Crippen molar-refractivity contribution < 1.29 is 29.7 Å². The molecule has 4 N–H and O–H groups in total. The third-order valence-electron chi connectivity index (χ3n) is 6.38. The first-order valence-corrected chi connectivity index (χ1v) is 13.0. The number of aliphatic hydroxyl groups excluding tert-OH is 4. The molecule has 4 rings (SSSR count). The molecular weight excluding hydrogens is 439 g/mol. The van der Waals surface area contributed by atoms with Gasteiger partial charge in [-0.05, 0) is 42.0 Å². The summed E-state index contributed by atoms with van der Waals surface area (Å²) in [4.78, 5) is 0. The summed E-state index contributed by atoms with van der Waals surface area (Å²) in [6.07, 6.45) is -1.86. The van der Waals surface area contributed by atoms with Gasteiger partial charge in [0.05, 0.1) is 6.61 Å². The van der Waals surface area contributed by atoms with Crippen molar-refractivity contribution in [3.63, 3.8) is 0 Å². The van der Waals surface area contributed by atoms with Crippen LogP contribution in [0, 0.1) is 0 Å². The van der Waals surface area contributed by atoms with Gasteiger partial charge in [-0.25, -0.2) is 0 Å². The summed E-state index contributed by atoms with van der Waals surface area (Å²) in [6.45, 7) is -0.474. The van der Waals surface area contributed by atoms with Crippen LogP contribution in [0.5, 0.6) is 0 Å². The van der Waals surface area contributed by atoms with Crippen molar-refractivity contribution in [1.82, 2.24) is 0 Å². The average Bonchev–Trinajstić information content (AvgIpc) is 3.22. The van der Waals surface area contributed by atoms with Crippen LogP contribution in [0.15, 0.2) is 42.5 Å². The molecule has 2 heterocycles. The van der Waals surface area contributed by atoms with Crippen LogP contribution in [0.25, 0.3) is 0 Å². The van der Waals surface area contributed by atoms with Crippen LogP contribution in [0.2, 0.25) is 5.02 Å². The van der Waals surface area contributed by atoms with E-state index in [4.69, 9.17) is 16.3 Å². The van der Waals surface area contributed by atoms with Gasteiger partial charge in [0.1, 0.15) is 37.7 Å². The Morgan fingerprint density at radius 2 is 1.65 bits per heavy atom. The largest absolute Gasteiger partial charge is 0.394 e. The van der Waals surface area contributed by atoms with Gasteiger partial charge in [-0.15, -0.1) is 0 Å². The minimum absolute atomic E-state index is 0.474.